The van der Waals surface area contributed by atoms with Crippen LogP contribution in [0.5, 0.6) is 0 Å². The van der Waals surface area contributed by atoms with Crippen molar-refractivity contribution in [2.45, 2.75) is 45.9 Å². The summed E-state index contributed by atoms with van der Waals surface area (Å²) in [6, 6.07) is 15.8. The van der Waals surface area contributed by atoms with E-state index in [9.17, 15) is 14.0 Å². The number of hydrogen-bond acceptors (Lipinski definition) is 4. The predicted molar refractivity (Wildman–Crippen MR) is 115 cm³/mol. The van der Waals surface area contributed by atoms with Crippen molar-refractivity contribution < 1.29 is 18.7 Å². The van der Waals surface area contributed by atoms with Crippen molar-refractivity contribution in [1.29, 1.82) is 0 Å². The van der Waals surface area contributed by atoms with Crippen LogP contribution < -0.4 is 0 Å². The maximum atomic E-state index is 13.0. The fourth-order valence-corrected chi connectivity index (χ4v) is 2.92. The van der Waals surface area contributed by atoms with Crippen LogP contribution in [0.15, 0.2) is 54.6 Å². The summed E-state index contributed by atoms with van der Waals surface area (Å²) >= 11 is 0. The minimum absolute atomic E-state index is 0.00900. The minimum atomic E-state index is -0.564. The second-order valence-electron chi connectivity index (χ2n) is 8.45. The molecular formula is C24H31FN2O3. The molecule has 5 nitrogen and oxygen atoms in total. The van der Waals surface area contributed by atoms with Gasteiger partial charge in [0.2, 0.25) is 0 Å². The van der Waals surface area contributed by atoms with Crippen LogP contribution in [0.25, 0.3) is 0 Å². The van der Waals surface area contributed by atoms with Gasteiger partial charge >= 0.3 is 6.09 Å². The summed E-state index contributed by atoms with van der Waals surface area (Å²) in [6.45, 7) is 6.97. The number of Topliss-reactive ketones (excluding diaryl/α,β-unsaturated/α-hetero) is 1. The lowest BCUT2D eigenvalue weighted by Gasteiger charge is -2.34. The Hall–Kier alpha value is -2.73. The van der Waals surface area contributed by atoms with Crippen LogP contribution in [-0.2, 0) is 22.7 Å². The van der Waals surface area contributed by atoms with Gasteiger partial charge in [-0.15, -0.1) is 0 Å². The van der Waals surface area contributed by atoms with Crippen LogP contribution >= 0.6 is 0 Å². The average Bonchev–Trinajstić information content (AvgIpc) is 2.70. The third kappa shape index (κ3) is 7.95. The van der Waals surface area contributed by atoms with Crippen molar-refractivity contribution in [3.05, 3.63) is 71.5 Å². The topological polar surface area (TPSA) is 49.9 Å². The third-order valence-electron chi connectivity index (χ3n) is 4.71. The number of carbonyl (C=O) groups is 2. The Morgan fingerprint density at radius 2 is 1.60 bits per heavy atom. The summed E-state index contributed by atoms with van der Waals surface area (Å²) < 4.78 is 18.4. The molecule has 2 aromatic carbocycles. The fourth-order valence-electron chi connectivity index (χ4n) is 2.92. The molecule has 0 aliphatic heterocycles. The maximum Gasteiger partial charge on any atom is 0.410 e. The molecule has 0 spiro atoms. The van der Waals surface area contributed by atoms with Crippen molar-refractivity contribution >= 4 is 11.9 Å². The second kappa shape index (κ2) is 10.9. The molecule has 0 atom stereocenters. The number of benzene rings is 2. The Balaban J connectivity index is 1.86. The molecule has 2 rings (SSSR count). The molecule has 162 valence electrons. The maximum absolute atomic E-state index is 13.0. The van der Waals surface area contributed by atoms with E-state index in [0.29, 0.717) is 18.5 Å². The highest BCUT2D eigenvalue weighted by Crippen LogP contribution is 2.16. The summed E-state index contributed by atoms with van der Waals surface area (Å²) in [6.07, 6.45) is -0.209. The highest BCUT2D eigenvalue weighted by Gasteiger charge is 2.29. The van der Waals surface area contributed by atoms with E-state index in [1.165, 1.54) is 22.6 Å². The van der Waals surface area contributed by atoms with Gasteiger partial charge in [-0.05, 0) is 51.1 Å². The van der Waals surface area contributed by atoms with Gasteiger partial charge in [0.25, 0.3) is 0 Å². The Morgan fingerprint density at radius 1 is 0.967 bits per heavy atom. The molecule has 6 heteroatoms. The van der Waals surface area contributed by atoms with Gasteiger partial charge in [-0.2, -0.15) is 0 Å². The Morgan fingerprint density at radius 3 is 2.20 bits per heavy atom. The first-order valence-electron chi connectivity index (χ1n) is 10.1. The predicted octanol–water partition coefficient (Wildman–Crippen LogP) is 4.65. The van der Waals surface area contributed by atoms with E-state index < -0.39 is 11.6 Å². The average molecular weight is 415 g/mol. The van der Waals surface area contributed by atoms with Gasteiger partial charge in [0.1, 0.15) is 12.4 Å². The van der Waals surface area contributed by atoms with Gasteiger partial charge in [0.15, 0.2) is 5.78 Å². The molecule has 2 aromatic rings. The van der Waals surface area contributed by atoms with Gasteiger partial charge in [-0.3, -0.25) is 9.69 Å². The van der Waals surface area contributed by atoms with E-state index in [1.54, 1.807) is 12.1 Å². The summed E-state index contributed by atoms with van der Waals surface area (Å²) in [4.78, 5) is 28.7. The number of amides is 1. The number of nitrogens with zero attached hydrogens (tertiary/aromatic N) is 2. The molecule has 0 aliphatic rings. The molecule has 0 aliphatic carbocycles. The zero-order valence-electron chi connectivity index (χ0n) is 18.2. The molecule has 0 fully saturated rings. The van der Waals surface area contributed by atoms with E-state index in [1.807, 2.05) is 46.0 Å². The highest BCUT2D eigenvalue weighted by atomic mass is 19.1. The lowest BCUT2D eigenvalue weighted by molar-refractivity contribution is -0.121. The van der Waals surface area contributed by atoms with Gasteiger partial charge in [0, 0.05) is 25.0 Å². The third-order valence-corrected chi connectivity index (χ3v) is 4.71. The largest absolute Gasteiger partial charge is 0.445 e. The quantitative estimate of drug-likeness (QED) is 0.599. The number of ether oxygens (including phenoxy) is 1. The summed E-state index contributed by atoms with van der Waals surface area (Å²) in [5.74, 6) is -0.368. The molecule has 0 saturated heterocycles. The molecule has 0 bridgehead atoms. The Bertz CT molecular complexity index is 817. The van der Waals surface area contributed by atoms with E-state index in [4.69, 9.17) is 4.74 Å². The van der Waals surface area contributed by atoms with Gasteiger partial charge in [-0.1, -0.05) is 42.5 Å². The van der Waals surface area contributed by atoms with Gasteiger partial charge in [0.05, 0.1) is 6.54 Å². The first-order valence-corrected chi connectivity index (χ1v) is 10.1. The first-order chi connectivity index (χ1) is 14.1. The zero-order chi connectivity index (χ0) is 22.1. The monoisotopic (exact) mass is 414 g/mol. The van der Waals surface area contributed by atoms with Crippen molar-refractivity contribution in [3.63, 3.8) is 0 Å². The molecule has 0 heterocycles. The van der Waals surface area contributed by atoms with Crippen molar-refractivity contribution in [2.24, 2.45) is 0 Å². The standard InChI is InChI=1S/C24H31FN2O3/c1-24(2,3)27(23(29)30-18-20-10-12-21(25)13-11-20)17-22(28)14-15-26(4)16-19-8-6-5-7-9-19/h5-13H,14-18H2,1-4H3. The Kier molecular flexibility index (Phi) is 8.54. The molecule has 0 radical (unpaired) electrons. The van der Waals surface area contributed by atoms with Crippen LogP contribution in [0, 0.1) is 5.82 Å². The first kappa shape index (κ1) is 23.5. The Labute approximate surface area is 178 Å². The SMILES string of the molecule is CN(CCC(=O)CN(C(=O)OCc1ccc(F)cc1)C(C)(C)C)Cc1ccccc1. The molecule has 0 saturated carbocycles. The minimum Gasteiger partial charge on any atom is -0.445 e. The smallest absolute Gasteiger partial charge is 0.410 e. The normalized spacial score (nSPS) is 11.4. The zero-order valence-corrected chi connectivity index (χ0v) is 18.2. The molecule has 30 heavy (non-hydrogen) atoms. The molecular weight excluding hydrogens is 383 g/mol. The molecule has 0 aromatic heterocycles. The van der Waals surface area contributed by atoms with E-state index in [2.05, 4.69) is 17.0 Å². The molecule has 0 N–H and O–H groups in total. The second-order valence-corrected chi connectivity index (χ2v) is 8.45. The summed E-state index contributed by atoms with van der Waals surface area (Å²) in [5.41, 5.74) is 1.31. The van der Waals surface area contributed by atoms with Crippen LogP contribution in [0.2, 0.25) is 0 Å². The van der Waals surface area contributed by atoms with Crippen LogP contribution in [0.4, 0.5) is 9.18 Å². The lowest BCUT2D eigenvalue weighted by atomic mass is 10.1. The van der Waals surface area contributed by atoms with Gasteiger partial charge < -0.3 is 9.64 Å². The van der Waals surface area contributed by atoms with Crippen molar-refractivity contribution in [3.8, 4) is 0 Å². The number of rotatable bonds is 9. The summed E-state index contributed by atoms with van der Waals surface area (Å²) in [5, 5.41) is 0. The number of ketones is 1. The van der Waals surface area contributed by atoms with Crippen LogP contribution in [0.3, 0.4) is 0 Å². The van der Waals surface area contributed by atoms with Crippen molar-refractivity contribution in [2.75, 3.05) is 20.1 Å². The summed E-state index contributed by atoms with van der Waals surface area (Å²) in [7, 11) is 1.97. The van der Waals surface area contributed by atoms with Gasteiger partial charge in [-0.25, -0.2) is 9.18 Å². The van der Waals surface area contributed by atoms with E-state index in [0.717, 1.165) is 6.54 Å². The number of hydrogen-bond donors (Lipinski definition) is 0. The highest BCUT2D eigenvalue weighted by molar-refractivity contribution is 5.84. The van der Waals surface area contributed by atoms with E-state index in [-0.39, 0.29) is 24.8 Å². The van der Waals surface area contributed by atoms with Crippen LogP contribution in [-0.4, -0.2) is 47.4 Å². The van der Waals surface area contributed by atoms with Crippen LogP contribution in [0.1, 0.15) is 38.3 Å². The molecule has 1 amide bonds. The van der Waals surface area contributed by atoms with Crippen molar-refractivity contribution in [1.82, 2.24) is 9.80 Å². The van der Waals surface area contributed by atoms with E-state index >= 15 is 0 Å². The number of carbonyl (C=O) groups excluding carboxylic acids is 2. The fraction of sp³-hybridized carbons (Fsp3) is 0.417. The lowest BCUT2D eigenvalue weighted by Crippen LogP contribution is -2.48. The molecule has 0 unspecified atom stereocenters. The number of halogens is 1.